The summed E-state index contributed by atoms with van der Waals surface area (Å²) in [6.45, 7) is 4.52. The van der Waals surface area contributed by atoms with Crippen LogP contribution in [0.3, 0.4) is 0 Å². The molecule has 0 spiro atoms. The molecule has 0 unspecified atom stereocenters. The minimum Gasteiger partial charge on any atom is -0.325 e. The minimum absolute atomic E-state index is 0.0364. The highest BCUT2D eigenvalue weighted by molar-refractivity contribution is 5.84. The quantitative estimate of drug-likeness (QED) is 0.771. The minimum atomic E-state index is -0.643. The van der Waals surface area contributed by atoms with Crippen molar-refractivity contribution in [2.45, 2.75) is 26.8 Å². The van der Waals surface area contributed by atoms with E-state index in [4.69, 9.17) is 0 Å². The number of nitriles is 1. The van der Waals surface area contributed by atoms with Crippen molar-refractivity contribution < 1.29 is 0 Å². The third kappa shape index (κ3) is 1.71. The fourth-order valence-corrected chi connectivity index (χ4v) is 2.74. The summed E-state index contributed by atoms with van der Waals surface area (Å²) < 4.78 is 3.24. The van der Waals surface area contributed by atoms with E-state index in [2.05, 4.69) is 4.98 Å². The van der Waals surface area contributed by atoms with Crippen molar-refractivity contribution in [1.82, 2.24) is 14.0 Å². The van der Waals surface area contributed by atoms with Crippen molar-refractivity contribution in [1.29, 1.82) is 5.26 Å². The topological polar surface area (TPSA) is 83.1 Å². The van der Waals surface area contributed by atoms with E-state index in [0.717, 1.165) is 17.5 Å². The van der Waals surface area contributed by atoms with Gasteiger partial charge in [0.25, 0.3) is 5.56 Å². The molecular weight excluding hydrogens is 268 g/mol. The van der Waals surface area contributed by atoms with Crippen LogP contribution in [0, 0.1) is 11.3 Å². The molecule has 3 rings (SSSR count). The normalized spacial score (nSPS) is 11.1. The second-order valence-corrected chi connectivity index (χ2v) is 4.83. The highest BCUT2D eigenvalue weighted by Gasteiger charge is 2.17. The van der Waals surface area contributed by atoms with Gasteiger partial charge in [0.05, 0.1) is 11.0 Å². The molecule has 106 valence electrons. The van der Waals surface area contributed by atoms with E-state index < -0.39 is 11.2 Å². The maximum absolute atomic E-state index is 12.2. The summed E-state index contributed by atoms with van der Waals surface area (Å²) in [5.74, 6) is 0. The van der Waals surface area contributed by atoms with E-state index in [-0.39, 0.29) is 5.56 Å². The van der Waals surface area contributed by atoms with Crippen LogP contribution < -0.4 is 11.2 Å². The molecular formula is C15H14N4O2. The largest absolute Gasteiger partial charge is 0.334 e. The first kappa shape index (κ1) is 13.2. The number of nitrogens with one attached hydrogen (secondary N) is 1. The maximum atomic E-state index is 12.2. The number of hydrogen-bond acceptors (Lipinski definition) is 3. The first-order valence-corrected chi connectivity index (χ1v) is 6.82. The molecule has 0 aliphatic heterocycles. The standard InChI is InChI=1S/C15H14N4O2/c1-3-9-5-6-11-12(7-9)19-14(18(11)4-2)10(8-16)13(20)17-15(19)21/h5-7H,3-4H2,1-2H3,(H,17,20,21). The van der Waals surface area contributed by atoms with Gasteiger partial charge in [0, 0.05) is 6.54 Å². The van der Waals surface area contributed by atoms with Crippen LogP contribution in [0.25, 0.3) is 16.7 Å². The van der Waals surface area contributed by atoms with Gasteiger partial charge in [-0.15, -0.1) is 0 Å². The molecule has 21 heavy (non-hydrogen) atoms. The van der Waals surface area contributed by atoms with E-state index in [1.165, 1.54) is 4.40 Å². The predicted molar refractivity (Wildman–Crippen MR) is 79.6 cm³/mol. The van der Waals surface area contributed by atoms with Crippen LogP contribution in [0.15, 0.2) is 27.8 Å². The average molecular weight is 282 g/mol. The molecule has 6 heteroatoms. The summed E-state index contributed by atoms with van der Waals surface area (Å²) in [5.41, 5.74) is 1.80. The molecule has 0 bridgehead atoms. The Bertz CT molecular complexity index is 1010. The lowest BCUT2D eigenvalue weighted by molar-refractivity contribution is 0.805. The van der Waals surface area contributed by atoms with Crippen LogP contribution >= 0.6 is 0 Å². The van der Waals surface area contributed by atoms with Crippen molar-refractivity contribution >= 4 is 16.7 Å². The average Bonchev–Trinajstić information content (AvgIpc) is 2.81. The van der Waals surface area contributed by atoms with Gasteiger partial charge >= 0.3 is 5.69 Å². The fourth-order valence-electron chi connectivity index (χ4n) is 2.74. The molecule has 3 aromatic rings. The number of benzene rings is 1. The summed E-state index contributed by atoms with van der Waals surface area (Å²) in [6, 6.07) is 7.75. The van der Waals surface area contributed by atoms with Gasteiger partial charge in [0.1, 0.15) is 11.7 Å². The van der Waals surface area contributed by atoms with Gasteiger partial charge < -0.3 is 4.57 Å². The first-order valence-electron chi connectivity index (χ1n) is 6.82. The second kappa shape index (κ2) is 4.63. The lowest BCUT2D eigenvalue weighted by Crippen LogP contribution is -2.28. The monoisotopic (exact) mass is 282 g/mol. The molecule has 0 atom stereocenters. The molecule has 1 aromatic carbocycles. The Morgan fingerprint density at radius 1 is 1.24 bits per heavy atom. The number of rotatable bonds is 2. The number of aryl methyl sites for hydroxylation is 2. The van der Waals surface area contributed by atoms with Crippen LogP contribution in [-0.4, -0.2) is 14.0 Å². The maximum Gasteiger partial charge on any atom is 0.334 e. The Hall–Kier alpha value is -2.81. The van der Waals surface area contributed by atoms with Crippen LogP contribution in [0.5, 0.6) is 0 Å². The van der Waals surface area contributed by atoms with E-state index >= 15 is 0 Å². The number of aromatic nitrogens is 3. The van der Waals surface area contributed by atoms with Gasteiger partial charge in [-0.3, -0.25) is 9.78 Å². The molecule has 0 aliphatic carbocycles. The van der Waals surface area contributed by atoms with Crippen molar-refractivity contribution in [3.05, 3.63) is 50.2 Å². The summed E-state index contributed by atoms with van der Waals surface area (Å²) in [7, 11) is 0. The molecule has 0 aliphatic rings. The number of imidazole rings is 1. The number of H-pyrrole nitrogens is 1. The lowest BCUT2D eigenvalue weighted by atomic mass is 10.1. The van der Waals surface area contributed by atoms with Crippen molar-refractivity contribution in [3.8, 4) is 6.07 Å². The van der Waals surface area contributed by atoms with Crippen molar-refractivity contribution in [2.75, 3.05) is 0 Å². The zero-order valence-corrected chi connectivity index (χ0v) is 11.8. The Morgan fingerprint density at radius 2 is 2.00 bits per heavy atom. The van der Waals surface area contributed by atoms with Crippen LogP contribution in [0.1, 0.15) is 25.0 Å². The van der Waals surface area contributed by atoms with Gasteiger partial charge in [0.2, 0.25) is 0 Å². The van der Waals surface area contributed by atoms with Gasteiger partial charge in [0.15, 0.2) is 5.56 Å². The molecule has 6 nitrogen and oxygen atoms in total. The second-order valence-electron chi connectivity index (χ2n) is 4.83. The molecule has 0 amide bonds. The molecule has 1 N–H and O–H groups in total. The Kier molecular flexibility index (Phi) is 2.91. The number of hydrogen-bond donors (Lipinski definition) is 1. The number of fused-ring (bicyclic) bond motifs is 3. The molecule has 0 radical (unpaired) electrons. The lowest BCUT2D eigenvalue weighted by Gasteiger charge is -2.02. The third-order valence-electron chi connectivity index (χ3n) is 3.75. The van der Waals surface area contributed by atoms with Crippen LogP contribution in [0.4, 0.5) is 0 Å². The molecule has 0 fully saturated rings. The summed E-state index contributed by atoms with van der Waals surface area (Å²) >= 11 is 0. The highest BCUT2D eigenvalue weighted by atomic mass is 16.2. The molecule has 0 saturated heterocycles. The third-order valence-corrected chi connectivity index (χ3v) is 3.75. The molecule has 0 saturated carbocycles. The zero-order chi connectivity index (χ0) is 15.1. The van der Waals surface area contributed by atoms with E-state index in [1.807, 2.05) is 42.7 Å². The van der Waals surface area contributed by atoms with Crippen molar-refractivity contribution in [2.24, 2.45) is 0 Å². The van der Waals surface area contributed by atoms with Gasteiger partial charge in [-0.25, -0.2) is 9.20 Å². The Balaban J connectivity index is 2.70. The Morgan fingerprint density at radius 3 is 2.62 bits per heavy atom. The first-order chi connectivity index (χ1) is 10.1. The Labute approximate surface area is 119 Å². The summed E-state index contributed by atoms with van der Waals surface area (Å²) in [6.07, 6.45) is 0.845. The van der Waals surface area contributed by atoms with E-state index in [9.17, 15) is 14.9 Å². The SMILES string of the molecule is CCc1ccc2c(c1)n1c(=O)[nH]c(=O)c(C#N)c1n2CC. The zero-order valence-electron chi connectivity index (χ0n) is 11.8. The van der Waals surface area contributed by atoms with Crippen molar-refractivity contribution in [3.63, 3.8) is 0 Å². The number of aromatic amines is 1. The summed E-state index contributed by atoms with van der Waals surface area (Å²) in [5, 5.41) is 9.25. The van der Waals surface area contributed by atoms with Gasteiger partial charge in [-0.05, 0) is 31.0 Å². The molecule has 2 heterocycles. The fraction of sp³-hybridized carbons (Fsp3) is 0.267. The van der Waals surface area contributed by atoms with Gasteiger partial charge in [-0.1, -0.05) is 13.0 Å². The highest BCUT2D eigenvalue weighted by Crippen LogP contribution is 2.22. The summed E-state index contributed by atoms with van der Waals surface area (Å²) in [4.78, 5) is 26.3. The molecule has 2 aromatic heterocycles. The van der Waals surface area contributed by atoms with E-state index in [1.54, 1.807) is 0 Å². The smallest absolute Gasteiger partial charge is 0.325 e. The number of nitrogens with zero attached hydrogens (tertiary/aromatic N) is 3. The predicted octanol–water partition coefficient (Wildman–Crippen LogP) is 1.40. The van der Waals surface area contributed by atoms with Crippen LogP contribution in [-0.2, 0) is 13.0 Å². The van der Waals surface area contributed by atoms with E-state index in [0.29, 0.717) is 17.7 Å². The van der Waals surface area contributed by atoms with Crippen LogP contribution in [0.2, 0.25) is 0 Å². The van der Waals surface area contributed by atoms with Gasteiger partial charge in [-0.2, -0.15) is 5.26 Å².